The summed E-state index contributed by atoms with van der Waals surface area (Å²) >= 11 is 7.31. The van der Waals surface area contributed by atoms with Gasteiger partial charge in [-0.25, -0.2) is 9.97 Å². The van der Waals surface area contributed by atoms with Crippen LogP contribution in [0.1, 0.15) is 41.4 Å². The average Bonchev–Trinajstić information content (AvgIpc) is 3.17. The SMILES string of the molecule is CC1CCCCN1Cc1cnc(NC(=O)c2cnc(-c3ccc(Cl)cc3)[nH]c2=O)s1. The molecule has 3 heterocycles. The normalized spacial score (nSPS) is 17.1. The first-order chi connectivity index (χ1) is 14.5. The number of H-pyrrole nitrogens is 1. The van der Waals surface area contributed by atoms with E-state index in [1.54, 1.807) is 30.5 Å². The number of thiazole rings is 1. The van der Waals surface area contributed by atoms with Gasteiger partial charge in [0, 0.05) is 40.4 Å². The number of likely N-dealkylation sites (tertiary alicyclic amines) is 1. The van der Waals surface area contributed by atoms with Crippen LogP contribution in [0, 0.1) is 0 Å². The van der Waals surface area contributed by atoms with Gasteiger partial charge in [-0.15, -0.1) is 11.3 Å². The quantitative estimate of drug-likeness (QED) is 0.617. The second-order valence-electron chi connectivity index (χ2n) is 7.38. The first kappa shape index (κ1) is 20.7. The van der Waals surface area contributed by atoms with E-state index in [1.165, 1.54) is 36.8 Å². The summed E-state index contributed by atoms with van der Waals surface area (Å²) in [4.78, 5) is 39.6. The van der Waals surface area contributed by atoms with Crippen molar-refractivity contribution in [2.45, 2.75) is 38.8 Å². The Morgan fingerprint density at radius 2 is 2.07 bits per heavy atom. The lowest BCUT2D eigenvalue weighted by atomic mass is 10.0. The molecule has 0 aliphatic carbocycles. The Bertz CT molecular complexity index is 1100. The lowest BCUT2D eigenvalue weighted by Gasteiger charge is -2.32. The number of carbonyl (C=O) groups excluding carboxylic acids is 1. The molecule has 1 unspecified atom stereocenters. The predicted octanol–water partition coefficient (Wildman–Crippen LogP) is 4.17. The number of aromatic nitrogens is 3. The molecule has 0 bridgehead atoms. The summed E-state index contributed by atoms with van der Waals surface area (Å²) in [5.41, 5.74) is 0.139. The summed E-state index contributed by atoms with van der Waals surface area (Å²) in [6.07, 6.45) is 6.77. The third kappa shape index (κ3) is 4.77. The van der Waals surface area contributed by atoms with Gasteiger partial charge in [0.2, 0.25) is 0 Å². The number of piperidine rings is 1. The molecule has 1 aliphatic heterocycles. The maximum absolute atomic E-state index is 12.5. The van der Waals surface area contributed by atoms with E-state index in [0.717, 1.165) is 18.0 Å². The Labute approximate surface area is 183 Å². The zero-order valence-electron chi connectivity index (χ0n) is 16.5. The number of benzene rings is 1. The van der Waals surface area contributed by atoms with Crippen LogP contribution in [-0.2, 0) is 6.54 Å². The molecule has 4 rings (SSSR count). The minimum atomic E-state index is -0.529. The summed E-state index contributed by atoms with van der Waals surface area (Å²) in [5, 5.41) is 3.77. The van der Waals surface area contributed by atoms with Crippen LogP contribution < -0.4 is 10.9 Å². The van der Waals surface area contributed by atoms with Crippen LogP contribution in [0.5, 0.6) is 0 Å². The van der Waals surface area contributed by atoms with Crippen molar-refractivity contribution in [3.63, 3.8) is 0 Å². The predicted molar refractivity (Wildman–Crippen MR) is 119 cm³/mol. The van der Waals surface area contributed by atoms with Gasteiger partial charge in [-0.1, -0.05) is 18.0 Å². The summed E-state index contributed by atoms with van der Waals surface area (Å²) in [6.45, 7) is 4.16. The number of halogens is 1. The Morgan fingerprint density at radius 1 is 1.27 bits per heavy atom. The van der Waals surface area contributed by atoms with Crippen LogP contribution in [-0.4, -0.2) is 38.3 Å². The highest BCUT2D eigenvalue weighted by molar-refractivity contribution is 7.15. The number of nitrogens with zero attached hydrogens (tertiary/aromatic N) is 3. The van der Waals surface area contributed by atoms with Gasteiger partial charge in [0.25, 0.3) is 11.5 Å². The van der Waals surface area contributed by atoms with E-state index in [1.807, 2.05) is 0 Å². The maximum Gasteiger partial charge on any atom is 0.264 e. The lowest BCUT2D eigenvalue weighted by Crippen LogP contribution is -2.36. The molecule has 0 spiro atoms. The van der Waals surface area contributed by atoms with Crippen molar-refractivity contribution in [1.29, 1.82) is 0 Å². The Hall–Kier alpha value is -2.55. The van der Waals surface area contributed by atoms with Crippen molar-refractivity contribution >= 4 is 34.0 Å². The van der Waals surface area contributed by atoms with Gasteiger partial charge in [0.05, 0.1) is 0 Å². The van der Waals surface area contributed by atoms with E-state index in [4.69, 9.17) is 11.6 Å². The van der Waals surface area contributed by atoms with Crippen LogP contribution in [0.4, 0.5) is 5.13 Å². The zero-order valence-corrected chi connectivity index (χ0v) is 18.1. The second-order valence-corrected chi connectivity index (χ2v) is 8.93. The highest BCUT2D eigenvalue weighted by Crippen LogP contribution is 2.24. The molecule has 1 saturated heterocycles. The highest BCUT2D eigenvalue weighted by Gasteiger charge is 2.20. The number of amides is 1. The van der Waals surface area contributed by atoms with Gasteiger partial charge in [-0.05, 0) is 50.6 Å². The minimum Gasteiger partial charge on any atom is -0.306 e. The summed E-state index contributed by atoms with van der Waals surface area (Å²) < 4.78 is 0. The van der Waals surface area contributed by atoms with E-state index in [9.17, 15) is 9.59 Å². The van der Waals surface area contributed by atoms with E-state index < -0.39 is 11.5 Å². The second kappa shape index (κ2) is 9.07. The number of rotatable bonds is 5. The van der Waals surface area contributed by atoms with Crippen LogP contribution in [0.2, 0.25) is 5.02 Å². The molecule has 30 heavy (non-hydrogen) atoms. The first-order valence-corrected chi connectivity index (χ1v) is 11.0. The van der Waals surface area contributed by atoms with Crippen LogP contribution >= 0.6 is 22.9 Å². The van der Waals surface area contributed by atoms with Gasteiger partial charge in [0.1, 0.15) is 11.4 Å². The fraction of sp³-hybridized carbons (Fsp3) is 0.333. The number of hydrogen-bond donors (Lipinski definition) is 2. The van der Waals surface area contributed by atoms with Gasteiger partial charge in [-0.2, -0.15) is 0 Å². The largest absolute Gasteiger partial charge is 0.306 e. The number of nitrogens with one attached hydrogen (secondary N) is 2. The number of hydrogen-bond acceptors (Lipinski definition) is 6. The molecule has 156 valence electrons. The Kier molecular flexibility index (Phi) is 6.26. The fourth-order valence-electron chi connectivity index (χ4n) is 3.51. The number of aromatic amines is 1. The number of carbonyl (C=O) groups is 1. The van der Waals surface area contributed by atoms with E-state index in [0.29, 0.717) is 27.6 Å². The number of anilines is 1. The fourth-order valence-corrected chi connectivity index (χ4v) is 4.47. The molecule has 3 aromatic rings. The average molecular weight is 444 g/mol. The summed E-state index contributed by atoms with van der Waals surface area (Å²) in [6, 6.07) is 7.48. The maximum atomic E-state index is 12.5. The lowest BCUT2D eigenvalue weighted by molar-refractivity contribution is 0.102. The van der Waals surface area contributed by atoms with Crippen molar-refractivity contribution < 1.29 is 4.79 Å². The molecular formula is C21H22ClN5O2S. The van der Waals surface area contributed by atoms with Gasteiger partial charge in [-0.3, -0.25) is 19.8 Å². The molecule has 2 N–H and O–H groups in total. The highest BCUT2D eigenvalue weighted by atomic mass is 35.5. The molecule has 0 saturated carbocycles. The Balaban J connectivity index is 1.43. The van der Waals surface area contributed by atoms with Crippen molar-refractivity contribution in [2.24, 2.45) is 0 Å². The molecule has 9 heteroatoms. The molecule has 1 amide bonds. The Morgan fingerprint density at radius 3 is 2.80 bits per heavy atom. The summed E-state index contributed by atoms with van der Waals surface area (Å²) in [7, 11) is 0. The molecule has 2 aromatic heterocycles. The van der Waals surface area contributed by atoms with E-state index >= 15 is 0 Å². The van der Waals surface area contributed by atoms with Crippen molar-refractivity contribution in [3.8, 4) is 11.4 Å². The zero-order chi connectivity index (χ0) is 21.1. The van der Waals surface area contributed by atoms with Gasteiger partial charge < -0.3 is 4.98 Å². The minimum absolute atomic E-state index is 0.0610. The monoisotopic (exact) mass is 443 g/mol. The third-order valence-electron chi connectivity index (χ3n) is 5.24. The topological polar surface area (TPSA) is 91.0 Å². The van der Waals surface area contributed by atoms with Crippen molar-refractivity contribution in [3.05, 3.63) is 62.5 Å². The molecule has 7 nitrogen and oxygen atoms in total. The van der Waals surface area contributed by atoms with Crippen molar-refractivity contribution in [1.82, 2.24) is 19.9 Å². The smallest absolute Gasteiger partial charge is 0.264 e. The molecule has 0 radical (unpaired) electrons. The molecule has 1 aromatic carbocycles. The molecular weight excluding hydrogens is 422 g/mol. The van der Waals surface area contributed by atoms with Gasteiger partial charge in [0.15, 0.2) is 5.13 Å². The first-order valence-electron chi connectivity index (χ1n) is 9.85. The summed E-state index contributed by atoms with van der Waals surface area (Å²) in [5.74, 6) is -0.154. The van der Waals surface area contributed by atoms with Crippen LogP contribution in [0.25, 0.3) is 11.4 Å². The van der Waals surface area contributed by atoms with Gasteiger partial charge >= 0.3 is 0 Å². The molecule has 1 fully saturated rings. The molecule has 1 atom stereocenters. The van der Waals surface area contributed by atoms with E-state index in [2.05, 4.69) is 32.1 Å². The van der Waals surface area contributed by atoms with Crippen LogP contribution in [0.3, 0.4) is 0 Å². The standard InChI is InChI=1S/C21H22ClN5O2S/c1-13-4-2-3-9-27(13)12-16-10-24-21(30-16)26-20(29)17-11-23-18(25-19(17)28)14-5-7-15(22)8-6-14/h5-8,10-11,13H,2-4,9,12H2,1H3,(H,23,25,28)(H,24,26,29). The van der Waals surface area contributed by atoms with E-state index in [-0.39, 0.29) is 5.56 Å². The molecule has 1 aliphatic rings. The van der Waals surface area contributed by atoms with Crippen molar-refractivity contribution in [2.75, 3.05) is 11.9 Å². The van der Waals surface area contributed by atoms with Crippen LogP contribution in [0.15, 0.2) is 41.5 Å². The third-order valence-corrected chi connectivity index (χ3v) is 6.38.